The summed E-state index contributed by atoms with van der Waals surface area (Å²) in [5.74, 6) is 0.347. The van der Waals surface area contributed by atoms with Crippen LogP contribution in [0, 0.1) is 6.92 Å². The largest absolute Gasteiger partial charge is 0.507 e. The molecule has 0 fully saturated rings. The number of benzene rings is 3. The van der Waals surface area contributed by atoms with Gasteiger partial charge in [0.25, 0.3) is 0 Å². The molecule has 2 nitrogen and oxygen atoms in total. The van der Waals surface area contributed by atoms with E-state index in [-0.39, 0.29) is 0 Å². The molecule has 0 aliphatic carbocycles. The van der Waals surface area contributed by atoms with E-state index in [0.29, 0.717) is 5.75 Å². The van der Waals surface area contributed by atoms with Gasteiger partial charge in [0.1, 0.15) is 5.75 Å². The van der Waals surface area contributed by atoms with Gasteiger partial charge in [0.2, 0.25) is 0 Å². The molecule has 1 aromatic heterocycles. The molecule has 0 spiro atoms. The first-order valence-electron chi connectivity index (χ1n) is 7.48. The lowest BCUT2D eigenvalue weighted by Crippen LogP contribution is -1.98. The van der Waals surface area contributed by atoms with Crippen LogP contribution in [0.3, 0.4) is 0 Å². The topological polar surface area (TPSA) is 25.2 Å². The van der Waals surface area contributed by atoms with Gasteiger partial charge >= 0.3 is 0 Å². The summed E-state index contributed by atoms with van der Waals surface area (Å²) in [6.07, 6.45) is 0. The first-order chi connectivity index (χ1) is 10.7. The van der Waals surface area contributed by atoms with Gasteiger partial charge in [0.15, 0.2) is 0 Å². The monoisotopic (exact) mass is 287 g/mol. The maximum absolute atomic E-state index is 10.3. The summed E-state index contributed by atoms with van der Waals surface area (Å²) >= 11 is 0. The molecule has 0 unspecified atom stereocenters. The first kappa shape index (κ1) is 13.0. The minimum Gasteiger partial charge on any atom is -0.507 e. The molecule has 0 amide bonds. The highest BCUT2D eigenvalue weighted by atomic mass is 16.3. The van der Waals surface area contributed by atoms with Gasteiger partial charge in [-0.2, -0.15) is 0 Å². The summed E-state index contributed by atoms with van der Waals surface area (Å²) in [6.45, 7) is 2.88. The average Bonchev–Trinajstić information content (AvgIpc) is 2.83. The number of phenolic OH excluding ortho intramolecular Hbond substituents is 1. The van der Waals surface area contributed by atoms with E-state index in [1.165, 1.54) is 11.1 Å². The molecule has 22 heavy (non-hydrogen) atoms. The van der Waals surface area contributed by atoms with E-state index >= 15 is 0 Å². The van der Waals surface area contributed by atoms with Crippen molar-refractivity contribution in [3.63, 3.8) is 0 Å². The molecule has 0 radical (unpaired) electrons. The van der Waals surface area contributed by atoms with Crippen LogP contribution in [0.2, 0.25) is 0 Å². The fourth-order valence-corrected chi connectivity index (χ4v) is 3.18. The summed E-state index contributed by atoms with van der Waals surface area (Å²) in [4.78, 5) is 0. The number of aromatic hydroxyl groups is 1. The third-order valence-electron chi connectivity index (χ3n) is 4.21. The lowest BCUT2D eigenvalue weighted by atomic mass is 10.1. The van der Waals surface area contributed by atoms with Crippen molar-refractivity contribution in [2.75, 3.05) is 0 Å². The van der Waals surface area contributed by atoms with Crippen LogP contribution >= 0.6 is 0 Å². The summed E-state index contributed by atoms with van der Waals surface area (Å²) in [6, 6.07) is 22.6. The minimum atomic E-state index is 0.347. The van der Waals surface area contributed by atoms with Gasteiger partial charge in [-0.15, -0.1) is 0 Å². The Morgan fingerprint density at radius 1 is 0.864 bits per heavy atom. The Morgan fingerprint density at radius 3 is 2.50 bits per heavy atom. The molecule has 0 aliphatic rings. The third-order valence-corrected chi connectivity index (χ3v) is 4.21. The van der Waals surface area contributed by atoms with E-state index in [9.17, 15) is 5.11 Å². The quantitative estimate of drug-likeness (QED) is 0.560. The van der Waals surface area contributed by atoms with Crippen LogP contribution in [0.5, 0.6) is 5.75 Å². The summed E-state index contributed by atoms with van der Waals surface area (Å²) in [5.41, 5.74) is 4.69. The Morgan fingerprint density at radius 2 is 1.68 bits per heavy atom. The number of hydrogen-bond donors (Lipinski definition) is 1. The second kappa shape index (κ2) is 4.92. The van der Waals surface area contributed by atoms with Crippen molar-refractivity contribution in [3.05, 3.63) is 77.9 Å². The number of fused-ring (bicyclic) bond motifs is 3. The Labute approximate surface area is 129 Å². The zero-order valence-corrected chi connectivity index (χ0v) is 12.5. The van der Waals surface area contributed by atoms with E-state index < -0.39 is 0 Å². The average molecular weight is 287 g/mol. The van der Waals surface area contributed by atoms with Crippen molar-refractivity contribution < 1.29 is 5.11 Å². The fraction of sp³-hybridized carbons (Fsp3) is 0.100. The summed E-state index contributed by atoms with van der Waals surface area (Å²) in [7, 11) is 0. The van der Waals surface area contributed by atoms with Crippen LogP contribution in [0.15, 0.2) is 66.7 Å². The number of phenols is 1. The zero-order chi connectivity index (χ0) is 15.1. The van der Waals surface area contributed by atoms with Gasteiger partial charge in [-0.3, -0.25) is 0 Å². The van der Waals surface area contributed by atoms with Crippen LogP contribution in [0.25, 0.3) is 21.8 Å². The molecule has 1 heterocycles. The normalized spacial score (nSPS) is 11.3. The van der Waals surface area contributed by atoms with Crippen molar-refractivity contribution >= 4 is 21.8 Å². The molecule has 4 aromatic rings. The van der Waals surface area contributed by atoms with Crippen LogP contribution in [0.4, 0.5) is 0 Å². The maximum atomic E-state index is 10.3. The van der Waals surface area contributed by atoms with Crippen LogP contribution < -0.4 is 0 Å². The van der Waals surface area contributed by atoms with Gasteiger partial charge in [0, 0.05) is 22.8 Å². The van der Waals surface area contributed by atoms with E-state index in [1.807, 2.05) is 12.1 Å². The Bertz CT molecular complexity index is 967. The highest BCUT2D eigenvalue weighted by Gasteiger charge is 2.13. The van der Waals surface area contributed by atoms with E-state index in [0.717, 1.165) is 28.4 Å². The van der Waals surface area contributed by atoms with Crippen molar-refractivity contribution in [1.29, 1.82) is 0 Å². The molecule has 0 bridgehead atoms. The standard InChI is InChI=1S/C20H17NO/c1-14-10-11-17-16(12-14)20-18(8-5-9-19(20)22)21(17)13-15-6-3-2-4-7-15/h2-12,22H,13H2,1H3. The molecule has 2 heteroatoms. The predicted molar refractivity (Wildman–Crippen MR) is 91.4 cm³/mol. The number of hydrogen-bond acceptors (Lipinski definition) is 1. The molecule has 0 saturated carbocycles. The highest BCUT2D eigenvalue weighted by Crippen LogP contribution is 2.35. The van der Waals surface area contributed by atoms with Crippen molar-refractivity contribution in [2.45, 2.75) is 13.5 Å². The Kier molecular flexibility index (Phi) is 2.90. The summed E-state index contributed by atoms with van der Waals surface area (Å²) < 4.78 is 2.28. The highest BCUT2D eigenvalue weighted by molar-refractivity contribution is 6.11. The maximum Gasteiger partial charge on any atom is 0.125 e. The van der Waals surface area contributed by atoms with Crippen LogP contribution in [-0.2, 0) is 6.54 Å². The molecule has 1 N–H and O–H groups in total. The molecule has 3 aromatic carbocycles. The van der Waals surface area contributed by atoms with Crippen LogP contribution in [0.1, 0.15) is 11.1 Å². The van der Waals surface area contributed by atoms with Crippen molar-refractivity contribution in [2.24, 2.45) is 0 Å². The first-order valence-corrected chi connectivity index (χ1v) is 7.48. The van der Waals surface area contributed by atoms with Gasteiger partial charge in [-0.1, -0.05) is 48.0 Å². The number of rotatable bonds is 2. The SMILES string of the molecule is Cc1ccc2c(c1)c1c(O)cccc1n2Cc1ccccc1. The molecular formula is C20H17NO. The summed E-state index contributed by atoms with van der Waals surface area (Å²) in [5, 5.41) is 12.4. The number of aromatic nitrogens is 1. The molecule has 0 atom stereocenters. The lowest BCUT2D eigenvalue weighted by Gasteiger charge is -2.08. The van der Waals surface area contributed by atoms with Gasteiger partial charge < -0.3 is 9.67 Å². The second-order valence-electron chi connectivity index (χ2n) is 5.76. The fourth-order valence-electron chi connectivity index (χ4n) is 3.18. The number of nitrogens with zero attached hydrogens (tertiary/aromatic N) is 1. The predicted octanol–water partition coefficient (Wildman–Crippen LogP) is 4.86. The van der Waals surface area contributed by atoms with Gasteiger partial charge in [-0.25, -0.2) is 0 Å². The molecular weight excluding hydrogens is 270 g/mol. The lowest BCUT2D eigenvalue weighted by molar-refractivity contribution is 0.482. The third kappa shape index (κ3) is 1.96. The zero-order valence-electron chi connectivity index (χ0n) is 12.5. The van der Waals surface area contributed by atoms with E-state index in [2.05, 4.69) is 60.0 Å². The smallest absolute Gasteiger partial charge is 0.125 e. The molecule has 0 saturated heterocycles. The minimum absolute atomic E-state index is 0.347. The second-order valence-corrected chi connectivity index (χ2v) is 5.76. The Balaban J connectivity index is 2.05. The molecule has 4 rings (SSSR count). The van der Waals surface area contributed by atoms with Gasteiger partial charge in [-0.05, 0) is 36.8 Å². The van der Waals surface area contributed by atoms with Crippen molar-refractivity contribution in [1.82, 2.24) is 4.57 Å². The van der Waals surface area contributed by atoms with Gasteiger partial charge in [0.05, 0.1) is 5.52 Å². The molecule has 0 aliphatic heterocycles. The molecule has 108 valence electrons. The van der Waals surface area contributed by atoms with Crippen LogP contribution in [-0.4, -0.2) is 9.67 Å². The number of aryl methyl sites for hydroxylation is 1. The Hall–Kier alpha value is -2.74. The van der Waals surface area contributed by atoms with E-state index in [1.54, 1.807) is 6.07 Å². The van der Waals surface area contributed by atoms with E-state index in [4.69, 9.17) is 0 Å². The van der Waals surface area contributed by atoms with Crippen molar-refractivity contribution in [3.8, 4) is 5.75 Å².